The summed E-state index contributed by atoms with van der Waals surface area (Å²) in [5, 5.41) is 0. The van der Waals surface area contributed by atoms with Crippen LogP contribution in [0.4, 0.5) is 0 Å². The molecule has 0 aliphatic carbocycles. The van der Waals surface area contributed by atoms with E-state index in [1.807, 2.05) is 30.3 Å². The maximum absolute atomic E-state index is 11.1. The zero-order valence-electron chi connectivity index (χ0n) is 12.6. The van der Waals surface area contributed by atoms with Crippen LogP contribution >= 0.6 is 0 Å². The van der Waals surface area contributed by atoms with Crippen molar-refractivity contribution in [2.24, 2.45) is 0 Å². The van der Waals surface area contributed by atoms with Crippen molar-refractivity contribution in [2.45, 2.75) is 13.2 Å². The lowest BCUT2D eigenvalue weighted by atomic mass is 10.2. The van der Waals surface area contributed by atoms with E-state index < -0.39 is 10.0 Å². The van der Waals surface area contributed by atoms with E-state index in [1.165, 1.54) is 0 Å². The Morgan fingerprint density at radius 3 is 2.36 bits per heavy atom. The van der Waals surface area contributed by atoms with Gasteiger partial charge in [-0.05, 0) is 23.3 Å². The van der Waals surface area contributed by atoms with Crippen molar-refractivity contribution < 1.29 is 17.9 Å². The average molecular weight is 321 g/mol. The lowest BCUT2D eigenvalue weighted by Gasteiger charge is -2.12. The van der Waals surface area contributed by atoms with Gasteiger partial charge in [0.05, 0.1) is 13.4 Å². The van der Waals surface area contributed by atoms with Crippen molar-refractivity contribution in [1.82, 2.24) is 4.72 Å². The Balaban J connectivity index is 2.05. The van der Waals surface area contributed by atoms with Crippen LogP contribution in [0, 0.1) is 0 Å². The fourth-order valence-corrected chi connectivity index (χ4v) is 2.32. The Bertz CT molecular complexity index is 714. The van der Waals surface area contributed by atoms with Crippen molar-refractivity contribution in [3.05, 3.63) is 59.7 Å². The zero-order valence-corrected chi connectivity index (χ0v) is 13.4. The molecule has 0 bridgehead atoms. The van der Waals surface area contributed by atoms with Gasteiger partial charge in [-0.25, -0.2) is 13.1 Å². The van der Waals surface area contributed by atoms with Crippen molar-refractivity contribution >= 4 is 10.0 Å². The Kier molecular flexibility index (Phi) is 5.41. The minimum atomic E-state index is -3.22. The molecular formula is C16H19NO4S. The summed E-state index contributed by atoms with van der Waals surface area (Å²) >= 11 is 0. The second kappa shape index (κ2) is 7.29. The molecule has 0 aromatic heterocycles. The number of sulfonamides is 1. The molecule has 0 radical (unpaired) electrons. The van der Waals surface area contributed by atoms with Crippen LogP contribution in [0.25, 0.3) is 0 Å². The maximum Gasteiger partial charge on any atom is 0.209 e. The Morgan fingerprint density at radius 1 is 1.00 bits per heavy atom. The first kappa shape index (κ1) is 16.3. The van der Waals surface area contributed by atoms with Crippen LogP contribution in [0.15, 0.2) is 48.5 Å². The van der Waals surface area contributed by atoms with Gasteiger partial charge in [-0.3, -0.25) is 0 Å². The van der Waals surface area contributed by atoms with Gasteiger partial charge >= 0.3 is 0 Å². The first-order valence-electron chi connectivity index (χ1n) is 6.76. The molecule has 0 saturated carbocycles. The Hall–Kier alpha value is -2.05. The molecule has 5 nitrogen and oxygen atoms in total. The third-order valence-electron chi connectivity index (χ3n) is 3.00. The summed E-state index contributed by atoms with van der Waals surface area (Å²) in [6, 6.07) is 15.2. The first-order chi connectivity index (χ1) is 10.5. The van der Waals surface area contributed by atoms with E-state index in [9.17, 15) is 8.42 Å². The van der Waals surface area contributed by atoms with Gasteiger partial charge in [-0.1, -0.05) is 36.4 Å². The standard InChI is InChI=1S/C16H19NO4S/c1-20-16-10-14(11-17-22(2,18)19)8-9-15(16)21-12-13-6-4-3-5-7-13/h3-10,17H,11-12H2,1-2H3. The van der Waals surface area contributed by atoms with Crippen molar-refractivity contribution in [2.75, 3.05) is 13.4 Å². The molecule has 2 aromatic rings. The van der Waals surface area contributed by atoms with Gasteiger partial charge in [-0.15, -0.1) is 0 Å². The number of ether oxygens (including phenoxy) is 2. The van der Waals surface area contributed by atoms with Gasteiger partial charge in [0.25, 0.3) is 0 Å². The fourth-order valence-electron chi connectivity index (χ4n) is 1.89. The first-order valence-corrected chi connectivity index (χ1v) is 8.65. The molecule has 118 valence electrons. The van der Waals surface area contributed by atoms with E-state index >= 15 is 0 Å². The molecule has 2 aromatic carbocycles. The van der Waals surface area contributed by atoms with Crippen LogP contribution in [-0.2, 0) is 23.2 Å². The molecule has 0 aliphatic rings. The highest BCUT2D eigenvalue weighted by molar-refractivity contribution is 7.88. The van der Waals surface area contributed by atoms with Gasteiger partial charge in [0.1, 0.15) is 6.61 Å². The highest BCUT2D eigenvalue weighted by Gasteiger charge is 2.08. The van der Waals surface area contributed by atoms with Crippen molar-refractivity contribution in [3.8, 4) is 11.5 Å². The van der Waals surface area contributed by atoms with Crippen LogP contribution in [-0.4, -0.2) is 21.8 Å². The van der Waals surface area contributed by atoms with E-state index in [0.29, 0.717) is 18.1 Å². The molecular weight excluding hydrogens is 302 g/mol. The second-order valence-electron chi connectivity index (χ2n) is 4.85. The molecule has 0 saturated heterocycles. The van der Waals surface area contributed by atoms with Gasteiger partial charge in [0, 0.05) is 6.54 Å². The molecule has 0 fully saturated rings. The van der Waals surface area contributed by atoms with Crippen LogP contribution in [0.5, 0.6) is 11.5 Å². The minimum absolute atomic E-state index is 0.216. The number of hydrogen-bond donors (Lipinski definition) is 1. The quantitative estimate of drug-likeness (QED) is 0.850. The summed E-state index contributed by atoms with van der Waals surface area (Å²) in [5.41, 5.74) is 1.86. The normalized spacial score (nSPS) is 11.2. The Morgan fingerprint density at radius 2 is 1.73 bits per heavy atom. The summed E-state index contributed by atoms with van der Waals surface area (Å²) in [6.45, 7) is 0.659. The number of benzene rings is 2. The molecule has 0 amide bonds. The highest BCUT2D eigenvalue weighted by atomic mass is 32.2. The third kappa shape index (κ3) is 5.05. The predicted octanol–water partition coefficient (Wildman–Crippen LogP) is 2.32. The summed E-state index contributed by atoms with van der Waals surface area (Å²) < 4.78 is 35.7. The monoisotopic (exact) mass is 321 g/mol. The Labute approximate surface area is 130 Å². The van der Waals surface area contributed by atoms with Gasteiger partial charge in [0.2, 0.25) is 10.0 Å². The number of hydrogen-bond acceptors (Lipinski definition) is 4. The molecule has 0 spiro atoms. The van der Waals surface area contributed by atoms with Crippen molar-refractivity contribution in [3.63, 3.8) is 0 Å². The lowest BCUT2D eigenvalue weighted by Crippen LogP contribution is -2.21. The van der Waals surface area contributed by atoms with Crippen LogP contribution in [0.1, 0.15) is 11.1 Å². The third-order valence-corrected chi connectivity index (χ3v) is 3.67. The molecule has 0 unspecified atom stereocenters. The van der Waals surface area contributed by atoms with Gasteiger partial charge in [-0.2, -0.15) is 0 Å². The highest BCUT2D eigenvalue weighted by Crippen LogP contribution is 2.28. The smallest absolute Gasteiger partial charge is 0.209 e. The zero-order chi connectivity index (χ0) is 16.0. The van der Waals surface area contributed by atoms with E-state index in [2.05, 4.69) is 4.72 Å². The molecule has 0 heterocycles. The van der Waals surface area contributed by atoms with Crippen LogP contribution in [0.3, 0.4) is 0 Å². The second-order valence-corrected chi connectivity index (χ2v) is 6.69. The van der Waals surface area contributed by atoms with Crippen LogP contribution in [0.2, 0.25) is 0 Å². The summed E-state index contributed by atoms with van der Waals surface area (Å²) in [4.78, 5) is 0. The topological polar surface area (TPSA) is 64.6 Å². The number of rotatable bonds is 7. The molecule has 0 aliphatic heterocycles. The average Bonchev–Trinajstić information content (AvgIpc) is 2.51. The molecule has 1 N–H and O–H groups in total. The van der Waals surface area contributed by atoms with Gasteiger partial charge in [0.15, 0.2) is 11.5 Å². The minimum Gasteiger partial charge on any atom is -0.493 e. The molecule has 22 heavy (non-hydrogen) atoms. The predicted molar refractivity (Wildman–Crippen MR) is 85.5 cm³/mol. The summed E-state index contributed by atoms with van der Waals surface area (Å²) in [5.74, 6) is 1.19. The maximum atomic E-state index is 11.1. The van der Waals surface area contributed by atoms with Crippen molar-refractivity contribution in [1.29, 1.82) is 0 Å². The molecule has 0 atom stereocenters. The van der Waals surface area contributed by atoms with E-state index in [4.69, 9.17) is 9.47 Å². The largest absolute Gasteiger partial charge is 0.493 e. The molecule has 6 heteroatoms. The van der Waals surface area contributed by atoms with Gasteiger partial charge < -0.3 is 9.47 Å². The number of methoxy groups -OCH3 is 1. The SMILES string of the molecule is COc1cc(CNS(C)(=O)=O)ccc1OCc1ccccc1. The summed E-state index contributed by atoms with van der Waals surface area (Å²) in [6.07, 6.45) is 1.13. The van der Waals surface area contributed by atoms with E-state index in [-0.39, 0.29) is 6.54 Å². The van der Waals surface area contributed by atoms with E-state index in [1.54, 1.807) is 25.3 Å². The lowest BCUT2D eigenvalue weighted by molar-refractivity contribution is 0.284. The molecule has 2 rings (SSSR count). The number of nitrogens with one attached hydrogen (secondary N) is 1. The van der Waals surface area contributed by atoms with E-state index in [0.717, 1.165) is 17.4 Å². The fraction of sp³-hybridized carbons (Fsp3) is 0.250. The van der Waals surface area contributed by atoms with Crippen LogP contribution < -0.4 is 14.2 Å². The summed E-state index contributed by atoms with van der Waals surface area (Å²) in [7, 11) is -1.67.